The highest BCUT2D eigenvalue weighted by atomic mass is 19.1. The van der Waals surface area contributed by atoms with Gasteiger partial charge in [-0.3, -0.25) is 4.79 Å². The van der Waals surface area contributed by atoms with Gasteiger partial charge >= 0.3 is 0 Å². The molecule has 1 aliphatic rings. The van der Waals surface area contributed by atoms with Crippen LogP contribution >= 0.6 is 0 Å². The fourth-order valence-corrected chi connectivity index (χ4v) is 5.43. The van der Waals surface area contributed by atoms with Crippen molar-refractivity contribution >= 4 is 16.8 Å². The van der Waals surface area contributed by atoms with E-state index in [0.29, 0.717) is 19.5 Å². The Morgan fingerprint density at radius 2 is 1.78 bits per heavy atom. The minimum atomic E-state index is -0.264. The van der Waals surface area contributed by atoms with Gasteiger partial charge in [0.05, 0.1) is 5.60 Å². The van der Waals surface area contributed by atoms with Crippen molar-refractivity contribution in [3.63, 3.8) is 0 Å². The van der Waals surface area contributed by atoms with Gasteiger partial charge in [0.2, 0.25) is 5.91 Å². The second-order valence-corrected chi connectivity index (χ2v) is 10.5. The summed E-state index contributed by atoms with van der Waals surface area (Å²) in [4.78, 5) is 13.2. The maximum atomic E-state index is 13.5. The third-order valence-corrected chi connectivity index (χ3v) is 7.54. The van der Waals surface area contributed by atoms with Crippen molar-refractivity contribution < 1.29 is 13.9 Å². The topological polar surface area (TPSA) is 43.3 Å². The Kier molecular flexibility index (Phi) is 7.71. The van der Waals surface area contributed by atoms with Crippen LogP contribution in [-0.2, 0) is 22.5 Å². The molecule has 5 heteroatoms. The molecule has 2 atom stereocenters. The van der Waals surface area contributed by atoms with Crippen LogP contribution < -0.4 is 5.32 Å². The SMILES string of the molecule is C[C@@]1(CNC(=O)C[C@H](CCc2ccccc2)c2cn(Cc3ccc(F)cc3)c3ccccc23)CCCO1. The molecule has 4 nitrogen and oxygen atoms in total. The van der Waals surface area contributed by atoms with Gasteiger partial charge in [0.25, 0.3) is 0 Å². The number of nitrogens with zero attached hydrogens (tertiary/aromatic N) is 1. The molecule has 1 N–H and O–H groups in total. The van der Waals surface area contributed by atoms with Gasteiger partial charge in [-0.2, -0.15) is 0 Å². The first-order valence-electron chi connectivity index (χ1n) is 13.3. The summed E-state index contributed by atoms with van der Waals surface area (Å²) >= 11 is 0. The number of carbonyl (C=O) groups excluding carboxylic acids is 1. The molecular weight excluding hydrogens is 463 g/mol. The third kappa shape index (κ3) is 6.28. The monoisotopic (exact) mass is 498 g/mol. The Hall–Kier alpha value is -3.44. The third-order valence-electron chi connectivity index (χ3n) is 7.54. The quantitative estimate of drug-likeness (QED) is 0.267. The van der Waals surface area contributed by atoms with Crippen LogP contribution in [0.4, 0.5) is 4.39 Å². The molecule has 0 saturated carbocycles. The summed E-state index contributed by atoms with van der Waals surface area (Å²) in [5.41, 5.74) is 4.36. The molecule has 0 unspecified atom stereocenters. The first-order chi connectivity index (χ1) is 18.0. The van der Waals surface area contributed by atoms with E-state index in [0.717, 1.165) is 43.4 Å². The molecule has 1 aromatic heterocycles. The van der Waals surface area contributed by atoms with E-state index in [1.807, 2.05) is 24.3 Å². The summed E-state index contributed by atoms with van der Waals surface area (Å²) < 4.78 is 21.6. The van der Waals surface area contributed by atoms with Crippen molar-refractivity contribution in [2.75, 3.05) is 13.2 Å². The molecule has 192 valence electrons. The summed E-state index contributed by atoms with van der Waals surface area (Å²) in [5, 5.41) is 4.33. The lowest BCUT2D eigenvalue weighted by Gasteiger charge is -2.24. The van der Waals surface area contributed by atoms with Crippen LogP contribution in [0.25, 0.3) is 10.9 Å². The largest absolute Gasteiger partial charge is 0.373 e. The van der Waals surface area contributed by atoms with Crippen LogP contribution in [0.5, 0.6) is 0 Å². The predicted molar refractivity (Wildman–Crippen MR) is 146 cm³/mol. The van der Waals surface area contributed by atoms with E-state index in [1.165, 1.54) is 28.6 Å². The lowest BCUT2D eigenvalue weighted by molar-refractivity contribution is -0.122. The highest BCUT2D eigenvalue weighted by Crippen LogP contribution is 2.34. The average Bonchev–Trinajstić information content (AvgIpc) is 3.52. The lowest BCUT2D eigenvalue weighted by Crippen LogP contribution is -2.40. The number of ether oxygens (including phenoxy) is 1. The van der Waals surface area contributed by atoms with Gasteiger partial charge in [0.15, 0.2) is 0 Å². The number of aryl methyl sites for hydroxylation is 1. The molecule has 0 bridgehead atoms. The number of hydrogen-bond donors (Lipinski definition) is 1. The first kappa shape index (κ1) is 25.2. The fraction of sp³-hybridized carbons (Fsp3) is 0.344. The number of carbonyl (C=O) groups is 1. The highest BCUT2D eigenvalue weighted by molar-refractivity contribution is 5.86. The Labute approximate surface area is 218 Å². The molecule has 0 radical (unpaired) electrons. The average molecular weight is 499 g/mol. The van der Waals surface area contributed by atoms with Crippen molar-refractivity contribution in [1.29, 1.82) is 0 Å². The molecule has 37 heavy (non-hydrogen) atoms. The summed E-state index contributed by atoms with van der Waals surface area (Å²) in [5.74, 6) is -0.104. The van der Waals surface area contributed by atoms with E-state index < -0.39 is 0 Å². The number of halogens is 1. The van der Waals surface area contributed by atoms with Crippen molar-refractivity contribution in [3.05, 3.63) is 108 Å². The van der Waals surface area contributed by atoms with E-state index in [2.05, 4.69) is 65.5 Å². The molecule has 1 fully saturated rings. The molecule has 2 heterocycles. The molecule has 3 aromatic carbocycles. The standard InChI is InChI=1S/C32H35FN2O2/c1-32(18-7-19-37-32)23-34-31(36)20-26(15-12-24-8-3-2-4-9-24)29-22-35(30-11-6-5-10-28(29)30)21-25-13-16-27(33)17-14-25/h2-6,8-11,13-14,16-17,22,26H,7,12,15,18-21,23H2,1H3,(H,34,36)/t26-,32-/m0/s1. The van der Waals surface area contributed by atoms with Crippen LogP contribution in [0, 0.1) is 5.82 Å². The molecule has 0 spiro atoms. The Bertz CT molecular complexity index is 1320. The van der Waals surface area contributed by atoms with E-state index in [1.54, 1.807) is 0 Å². The zero-order chi connectivity index (χ0) is 25.7. The summed E-state index contributed by atoms with van der Waals surface area (Å²) in [7, 11) is 0. The van der Waals surface area contributed by atoms with Crippen LogP contribution in [0.3, 0.4) is 0 Å². The zero-order valence-electron chi connectivity index (χ0n) is 21.5. The Balaban J connectivity index is 1.40. The number of benzene rings is 3. The molecular formula is C32H35FN2O2. The second-order valence-electron chi connectivity index (χ2n) is 10.5. The highest BCUT2D eigenvalue weighted by Gasteiger charge is 2.30. The molecule has 1 saturated heterocycles. The predicted octanol–water partition coefficient (Wildman–Crippen LogP) is 6.62. The summed E-state index contributed by atoms with van der Waals surface area (Å²) in [6.45, 7) is 4.04. The number of para-hydroxylation sites is 1. The van der Waals surface area contributed by atoms with Crippen molar-refractivity contribution in [2.45, 2.75) is 57.1 Å². The van der Waals surface area contributed by atoms with Gasteiger partial charge in [0, 0.05) is 43.2 Å². The summed E-state index contributed by atoms with van der Waals surface area (Å²) in [6.07, 6.45) is 6.40. The number of hydrogen-bond acceptors (Lipinski definition) is 2. The van der Waals surface area contributed by atoms with Gasteiger partial charge in [-0.15, -0.1) is 0 Å². The fourth-order valence-electron chi connectivity index (χ4n) is 5.43. The maximum absolute atomic E-state index is 13.5. The normalized spacial score (nSPS) is 18.2. The van der Waals surface area contributed by atoms with Crippen LogP contribution in [0.1, 0.15) is 55.2 Å². The zero-order valence-corrected chi connectivity index (χ0v) is 21.5. The number of rotatable bonds is 10. The van der Waals surface area contributed by atoms with E-state index in [9.17, 15) is 9.18 Å². The Morgan fingerprint density at radius 3 is 2.54 bits per heavy atom. The van der Waals surface area contributed by atoms with Gasteiger partial charge in [-0.25, -0.2) is 4.39 Å². The van der Waals surface area contributed by atoms with Gasteiger partial charge in [-0.1, -0.05) is 60.7 Å². The first-order valence-corrected chi connectivity index (χ1v) is 13.3. The van der Waals surface area contributed by atoms with Crippen molar-refractivity contribution in [1.82, 2.24) is 9.88 Å². The molecule has 1 aliphatic heterocycles. The maximum Gasteiger partial charge on any atom is 0.220 e. The Morgan fingerprint density at radius 1 is 1.03 bits per heavy atom. The van der Waals surface area contributed by atoms with Crippen LogP contribution in [-0.4, -0.2) is 29.2 Å². The van der Waals surface area contributed by atoms with Crippen molar-refractivity contribution in [3.8, 4) is 0 Å². The molecule has 0 aliphatic carbocycles. The molecule has 5 rings (SSSR count). The molecule has 1 amide bonds. The van der Waals surface area contributed by atoms with Gasteiger partial charge in [0.1, 0.15) is 5.82 Å². The van der Waals surface area contributed by atoms with Crippen LogP contribution in [0.15, 0.2) is 85.1 Å². The van der Waals surface area contributed by atoms with E-state index >= 15 is 0 Å². The minimum absolute atomic E-state index is 0.0603. The van der Waals surface area contributed by atoms with Gasteiger partial charge < -0.3 is 14.6 Å². The van der Waals surface area contributed by atoms with Crippen LogP contribution in [0.2, 0.25) is 0 Å². The van der Waals surface area contributed by atoms with E-state index in [-0.39, 0.29) is 23.2 Å². The minimum Gasteiger partial charge on any atom is -0.373 e. The second kappa shape index (κ2) is 11.3. The number of amides is 1. The lowest BCUT2D eigenvalue weighted by atomic mass is 9.89. The summed E-state index contributed by atoms with van der Waals surface area (Å²) in [6, 6.07) is 25.5. The number of aromatic nitrogens is 1. The van der Waals surface area contributed by atoms with Crippen molar-refractivity contribution in [2.24, 2.45) is 0 Å². The van der Waals surface area contributed by atoms with Gasteiger partial charge in [-0.05, 0) is 73.4 Å². The molecule has 4 aromatic rings. The number of fused-ring (bicyclic) bond motifs is 1. The van der Waals surface area contributed by atoms with E-state index in [4.69, 9.17) is 4.74 Å². The smallest absolute Gasteiger partial charge is 0.220 e. The number of nitrogens with one attached hydrogen (secondary N) is 1.